The lowest BCUT2D eigenvalue weighted by molar-refractivity contribution is -0.119. The monoisotopic (exact) mass is 334 g/mol. The summed E-state index contributed by atoms with van der Waals surface area (Å²) in [7, 11) is 2.09. The van der Waals surface area contributed by atoms with Crippen LogP contribution in [0.2, 0.25) is 0 Å². The highest BCUT2D eigenvalue weighted by Crippen LogP contribution is 2.38. The molecule has 0 spiro atoms. The van der Waals surface area contributed by atoms with Crippen molar-refractivity contribution < 1.29 is 4.79 Å². The smallest absolute Gasteiger partial charge is 0.234 e. The predicted octanol–water partition coefficient (Wildman–Crippen LogP) is 3.33. The Morgan fingerprint density at radius 3 is 2.84 bits per heavy atom. The topological polar surface area (TPSA) is 50.2 Å². The van der Waals surface area contributed by atoms with Crippen LogP contribution in [0.4, 0.5) is 5.69 Å². The van der Waals surface area contributed by atoms with Gasteiger partial charge in [0.25, 0.3) is 0 Å². The first-order chi connectivity index (χ1) is 11.9. The third-order valence-electron chi connectivity index (χ3n) is 5.22. The van der Waals surface area contributed by atoms with E-state index < -0.39 is 5.41 Å². The van der Waals surface area contributed by atoms with Crippen molar-refractivity contribution in [3.63, 3.8) is 0 Å². The van der Waals surface area contributed by atoms with Gasteiger partial charge in [0.2, 0.25) is 5.91 Å². The Balaban J connectivity index is 1.66. The van der Waals surface area contributed by atoms with Crippen LogP contribution in [0.25, 0.3) is 11.3 Å². The Morgan fingerprint density at radius 2 is 2.08 bits per heavy atom. The Morgan fingerprint density at radius 1 is 1.28 bits per heavy atom. The number of fused-ring (bicyclic) bond motifs is 1. The van der Waals surface area contributed by atoms with Gasteiger partial charge >= 0.3 is 0 Å². The molecule has 1 amide bonds. The lowest BCUT2D eigenvalue weighted by Gasteiger charge is -2.22. The highest BCUT2D eigenvalue weighted by Gasteiger charge is 2.38. The number of hydrogen-bond acceptors (Lipinski definition) is 3. The average Bonchev–Trinajstić information content (AvgIpc) is 3.14. The first kappa shape index (κ1) is 15.7. The van der Waals surface area contributed by atoms with Gasteiger partial charge in [0, 0.05) is 36.7 Å². The van der Waals surface area contributed by atoms with Gasteiger partial charge in [-0.2, -0.15) is 5.10 Å². The predicted molar refractivity (Wildman–Crippen MR) is 99.6 cm³/mol. The molecule has 0 fully saturated rings. The van der Waals surface area contributed by atoms with Gasteiger partial charge in [-0.1, -0.05) is 12.1 Å². The largest absolute Gasteiger partial charge is 0.374 e. The summed E-state index contributed by atoms with van der Waals surface area (Å²) < 4.78 is 1.86. The summed E-state index contributed by atoms with van der Waals surface area (Å²) in [4.78, 5) is 14.3. The molecule has 2 aliphatic heterocycles. The van der Waals surface area contributed by atoms with Crippen LogP contribution in [-0.4, -0.2) is 34.2 Å². The van der Waals surface area contributed by atoms with Crippen molar-refractivity contribution in [2.75, 3.05) is 18.9 Å². The molecule has 1 aromatic heterocycles. The molecule has 3 heterocycles. The molecular formula is C20H22N4O. The molecule has 0 aliphatic carbocycles. The molecule has 2 aromatic rings. The van der Waals surface area contributed by atoms with Crippen molar-refractivity contribution in [1.29, 1.82) is 0 Å². The number of allylic oxidation sites excluding steroid dienone is 3. The summed E-state index contributed by atoms with van der Waals surface area (Å²) in [5, 5.41) is 7.48. The number of nitrogens with zero attached hydrogens (tertiary/aromatic N) is 3. The molecule has 25 heavy (non-hydrogen) atoms. The molecule has 0 radical (unpaired) electrons. The van der Waals surface area contributed by atoms with E-state index in [0.29, 0.717) is 0 Å². The van der Waals surface area contributed by atoms with Crippen LogP contribution in [0.3, 0.4) is 0 Å². The van der Waals surface area contributed by atoms with E-state index in [1.165, 1.54) is 11.3 Å². The van der Waals surface area contributed by atoms with Crippen molar-refractivity contribution in [2.24, 2.45) is 0 Å². The molecular weight excluding hydrogens is 312 g/mol. The van der Waals surface area contributed by atoms with Crippen LogP contribution < -0.4 is 5.32 Å². The maximum atomic E-state index is 12.1. The van der Waals surface area contributed by atoms with E-state index in [-0.39, 0.29) is 5.91 Å². The fraction of sp³-hybridized carbons (Fsp3) is 0.300. The number of carbonyl (C=O) groups excluding carboxylic acids is 1. The summed E-state index contributed by atoms with van der Waals surface area (Å²) in [6, 6.07) is 6.02. The van der Waals surface area contributed by atoms with Gasteiger partial charge in [-0.15, -0.1) is 0 Å². The van der Waals surface area contributed by atoms with E-state index in [2.05, 4.69) is 41.4 Å². The fourth-order valence-corrected chi connectivity index (χ4v) is 3.31. The molecule has 0 unspecified atom stereocenters. The molecule has 0 atom stereocenters. The quantitative estimate of drug-likeness (QED) is 0.916. The van der Waals surface area contributed by atoms with Crippen molar-refractivity contribution in [1.82, 2.24) is 14.7 Å². The van der Waals surface area contributed by atoms with Gasteiger partial charge in [0.05, 0.1) is 17.3 Å². The first-order valence-electron chi connectivity index (χ1n) is 8.47. The van der Waals surface area contributed by atoms with Gasteiger partial charge in [-0.25, -0.2) is 4.68 Å². The molecule has 5 heteroatoms. The highest BCUT2D eigenvalue weighted by atomic mass is 16.2. The number of hydrogen-bond donors (Lipinski definition) is 1. The molecule has 5 nitrogen and oxygen atoms in total. The minimum Gasteiger partial charge on any atom is -0.374 e. The van der Waals surface area contributed by atoms with Crippen molar-refractivity contribution in [2.45, 2.75) is 26.2 Å². The Labute approximate surface area is 147 Å². The Bertz CT molecular complexity index is 933. The van der Waals surface area contributed by atoms with Crippen LogP contribution in [0.15, 0.2) is 48.4 Å². The molecule has 1 N–H and O–H groups in total. The third-order valence-corrected chi connectivity index (χ3v) is 5.22. The summed E-state index contributed by atoms with van der Waals surface area (Å²) >= 11 is 0. The molecule has 4 rings (SSSR count). The Hall–Kier alpha value is -2.82. The zero-order valence-corrected chi connectivity index (χ0v) is 15.0. The normalized spacial score (nSPS) is 18.6. The molecule has 0 bridgehead atoms. The second kappa shape index (κ2) is 5.34. The van der Waals surface area contributed by atoms with Crippen LogP contribution in [-0.2, 0) is 10.2 Å². The van der Waals surface area contributed by atoms with Gasteiger partial charge in [-0.05, 0) is 50.1 Å². The van der Waals surface area contributed by atoms with Gasteiger partial charge < -0.3 is 10.2 Å². The minimum absolute atomic E-state index is 0.0397. The average molecular weight is 334 g/mol. The number of benzene rings is 1. The van der Waals surface area contributed by atoms with Crippen LogP contribution in [0.5, 0.6) is 0 Å². The van der Waals surface area contributed by atoms with E-state index in [0.717, 1.165) is 29.0 Å². The lowest BCUT2D eigenvalue weighted by Crippen LogP contribution is -2.26. The first-order valence-corrected chi connectivity index (χ1v) is 8.47. The van der Waals surface area contributed by atoms with Crippen LogP contribution in [0, 0.1) is 0 Å². The molecule has 2 aliphatic rings. The van der Waals surface area contributed by atoms with Crippen LogP contribution >= 0.6 is 0 Å². The third kappa shape index (κ3) is 2.47. The van der Waals surface area contributed by atoms with Gasteiger partial charge in [0.1, 0.15) is 0 Å². The lowest BCUT2D eigenvalue weighted by atomic mass is 9.86. The number of nitrogens with one attached hydrogen (secondary N) is 1. The van der Waals surface area contributed by atoms with Crippen LogP contribution in [0.1, 0.15) is 31.9 Å². The standard InChI is InChI=1S/C20H22N4O/c1-13-9-14(7-8-23(13)4)15-11-21-24(12-15)16-5-6-17-18(10-16)22-19(25)20(17,2)3/h5-7,9-12H,8H2,1-4H3,(H,22,25). The maximum absolute atomic E-state index is 12.1. The number of aromatic nitrogens is 2. The van der Waals surface area contributed by atoms with Gasteiger partial charge in [-0.3, -0.25) is 4.79 Å². The zero-order chi connectivity index (χ0) is 17.8. The summed E-state index contributed by atoms with van der Waals surface area (Å²) in [5.74, 6) is 0.0397. The highest BCUT2D eigenvalue weighted by molar-refractivity contribution is 6.05. The summed E-state index contributed by atoms with van der Waals surface area (Å²) in [6.07, 6.45) is 8.30. The second-order valence-electron chi connectivity index (χ2n) is 7.31. The Kier molecular flexibility index (Phi) is 3.35. The second-order valence-corrected chi connectivity index (χ2v) is 7.31. The number of rotatable bonds is 2. The molecule has 128 valence electrons. The number of carbonyl (C=O) groups is 1. The van der Waals surface area contributed by atoms with E-state index in [9.17, 15) is 4.79 Å². The van der Waals surface area contributed by atoms with E-state index in [4.69, 9.17) is 0 Å². The summed E-state index contributed by atoms with van der Waals surface area (Å²) in [5.41, 5.74) is 5.90. The molecule has 0 saturated heterocycles. The number of likely N-dealkylation sites (N-methyl/N-ethyl adjacent to an activating group) is 1. The van der Waals surface area contributed by atoms with Gasteiger partial charge in [0.15, 0.2) is 0 Å². The van der Waals surface area contributed by atoms with Crippen molar-refractivity contribution >= 4 is 17.2 Å². The minimum atomic E-state index is -0.482. The maximum Gasteiger partial charge on any atom is 0.234 e. The zero-order valence-electron chi connectivity index (χ0n) is 15.0. The molecule has 0 saturated carbocycles. The van der Waals surface area contributed by atoms with Crippen molar-refractivity contribution in [3.8, 4) is 5.69 Å². The SMILES string of the molecule is CC1=CC(c2cnn(-c3ccc4c(c3)NC(=O)C4(C)C)c2)=CCN1C. The summed E-state index contributed by atoms with van der Waals surface area (Å²) in [6.45, 7) is 6.91. The number of amides is 1. The number of anilines is 1. The molecule has 1 aromatic carbocycles. The van der Waals surface area contributed by atoms with E-state index in [1.807, 2.05) is 49.1 Å². The van der Waals surface area contributed by atoms with Crippen molar-refractivity contribution in [3.05, 3.63) is 59.6 Å². The van der Waals surface area contributed by atoms with E-state index >= 15 is 0 Å². The fourth-order valence-electron chi connectivity index (χ4n) is 3.31. The van der Waals surface area contributed by atoms with E-state index in [1.54, 1.807) is 0 Å².